The second kappa shape index (κ2) is 10.6. The van der Waals surface area contributed by atoms with Crippen LogP contribution in [0.15, 0.2) is 12.1 Å². The van der Waals surface area contributed by atoms with Gasteiger partial charge in [0.1, 0.15) is 0 Å². The van der Waals surface area contributed by atoms with Crippen molar-refractivity contribution in [2.45, 2.75) is 90.1 Å². The van der Waals surface area contributed by atoms with Gasteiger partial charge < -0.3 is 11.5 Å². The Bertz CT molecular complexity index is 581. The average molecular weight is 517 g/mol. The molecule has 1 fully saturated rings. The SMILES string of the molecule is CC(C)(C)c1cc([CH]=[Co])c(O)c(C(C)(C)C)c1.I.[NH-]C1CCCCC1[NH-]. The van der Waals surface area contributed by atoms with E-state index >= 15 is 0 Å². The molecule has 0 bridgehead atoms. The number of benzene rings is 1. The predicted molar refractivity (Wildman–Crippen MR) is 121 cm³/mol. The molecule has 153 valence electrons. The summed E-state index contributed by atoms with van der Waals surface area (Å²) in [7, 11) is 0. The second-order valence-electron chi connectivity index (χ2n) is 9.06. The fourth-order valence-corrected chi connectivity index (χ4v) is 3.09. The molecule has 1 aliphatic rings. The summed E-state index contributed by atoms with van der Waals surface area (Å²) >= 11 is 4.23. The van der Waals surface area contributed by atoms with Crippen LogP contribution in [0.1, 0.15) is 83.9 Å². The number of hydrogen-bond donors (Lipinski definition) is 1. The van der Waals surface area contributed by atoms with Crippen LogP contribution >= 0.6 is 24.0 Å². The van der Waals surface area contributed by atoms with E-state index in [0.717, 1.165) is 24.0 Å². The maximum atomic E-state index is 10.2. The average Bonchev–Trinajstić information content (AvgIpc) is 2.49. The van der Waals surface area contributed by atoms with Crippen molar-refractivity contribution in [2.24, 2.45) is 0 Å². The maximum absolute atomic E-state index is 10.2. The summed E-state index contributed by atoms with van der Waals surface area (Å²) in [5.74, 6) is 0.346. The first-order valence-electron chi connectivity index (χ1n) is 9.09. The van der Waals surface area contributed by atoms with Gasteiger partial charge in [-0.3, -0.25) is 0 Å². The van der Waals surface area contributed by atoms with E-state index in [1.54, 1.807) is 4.96 Å². The van der Waals surface area contributed by atoms with Gasteiger partial charge in [0.05, 0.1) is 0 Å². The first kappa shape index (κ1) is 26.0. The molecule has 1 saturated carbocycles. The van der Waals surface area contributed by atoms with E-state index in [9.17, 15) is 5.11 Å². The Morgan fingerprint density at radius 3 is 1.73 bits per heavy atom. The smallest absolute Gasteiger partial charge is 0.0548 e. The third kappa shape index (κ3) is 7.58. The standard InChI is InChI=1S/C15H22O.C6H12N2.Co.HI/c1-10-8-11(14(2,3)4)9-12(13(10)16)15(5,6)7;7-5-3-1-2-4-6(5)8;;/h1,8-9,16H,2-7H3;5-8H,1-4H2;;1H/q;-2;;. The molecule has 2 atom stereocenters. The predicted octanol–water partition coefficient (Wildman–Crippen LogP) is 6.70. The molecule has 5 heteroatoms. The van der Waals surface area contributed by atoms with Crippen molar-refractivity contribution in [1.82, 2.24) is 0 Å². The Balaban J connectivity index is 0.000000583. The molecule has 0 spiro atoms. The minimum Gasteiger partial charge on any atom is -0.676 e. The van der Waals surface area contributed by atoms with Gasteiger partial charge in [0.15, 0.2) is 0 Å². The summed E-state index contributed by atoms with van der Waals surface area (Å²) in [5.41, 5.74) is 17.6. The van der Waals surface area contributed by atoms with Gasteiger partial charge in [-0.25, -0.2) is 0 Å². The first-order chi connectivity index (χ1) is 11.4. The molecule has 2 rings (SSSR count). The summed E-state index contributed by atoms with van der Waals surface area (Å²) < 4.78 is 0. The maximum Gasteiger partial charge on any atom is -0.0548 e. The molecule has 1 aliphatic carbocycles. The number of hydrogen-bond acceptors (Lipinski definition) is 1. The molecule has 0 aromatic heterocycles. The Kier molecular flexibility index (Phi) is 10.6. The molecule has 0 heterocycles. The van der Waals surface area contributed by atoms with Crippen molar-refractivity contribution in [1.29, 1.82) is 0 Å². The van der Waals surface area contributed by atoms with Gasteiger partial charge >= 0.3 is 112 Å². The van der Waals surface area contributed by atoms with Crippen molar-refractivity contribution in [3.8, 4) is 5.75 Å². The van der Waals surface area contributed by atoms with E-state index in [-0.39, 0.29) is 46.9 Å². The van der Waals surface area contributed by atoms with E-state index in [2.05, 4.69) is 62.9 Å². The van der Waals surface area contributed by atoms with E-state index in [1.807, 2.05) is 6.07 Å². The number of phenols is 1. The Labute approximate surface area is 184 Å². The van der Waals surface area contributed by atoms with Gasteiger partial charge in [-0.1, -0.05) is 25.7 Å². The molecule has 0 radical (unpaired) electrons. The molecule has 1 aromatic carbocycles. The second-order valence-corrected chi connectivity index (χ2v) is 9.36. The van der Waals surface area contributed by atoms with Gasteiger partial charge in [0.2, 0.25) is 0 Å². The topological polar surface area (TPSA) is 67.8 Å². The van der Waals surface area contributed by atoms with Gasteiger partial charge in [-0.05, 0) is 0 Å². The molecule has 3 N–H and O–H groups in total. The summed E-state index contributed by atoms with van der Waals surface area (Å²) in [4.78, 5) is 1.66. The summed E-state index contributed by atoms with van der Waals surface area (Å²) in [6.45, 7) is 12.8. The number of aromatic hydroxyl groups is 1. The third-order valence-corrected chi connectivity index (χ3v) is 5.01. The summed E-state index contributed by atoms with van der Waals surface area (Å²) in [5, 5.41) is 10.2. The molecule has 1 aromatic rings. The number of nitrogens with one attached hydrogen (secondary N) is 2. The molecular formula is C21H35CoIN2O-2. The minimum atomic E-state index is -0.0799. The molecule has 0 aliphatic heterocycles. The molecule has 3 nitrogen and oxygen atoms in total. The van der Waals surface area contributed by atoms with Gasteiger partial charge in [0, 0.05) is 0 Å². The van der Waals surface area contributed by atoms with Crippen LogP contribution in [-0.4, -0.2) is 22.1 Å². The number of phenolic OH excluding ortho intramolecular Hbond substituents is 1. The zero-order valence-corrected chi connectivity index (χ0v) is 20.3. The fourth-order valence-electron chi connectivity index (χ4n) is 2.87. The molecule has 0 amide bonds. The van der Waals surface area contributed by atoms with Gasteiger partial charge in [-0.2, -0.15) is 12.1 Å². The third-order valence-electron chi connectivity index (χ3n) is 4.68. The van der Waals surface area contributed by atoms with Crippen LogP contribution in [0.2, 0.25) is 0 Å². The van der Waals surface area contributed by atoms with Gasteiger partial charge in [-0.15, -0.1) is 24.0 Å². The van der Waals surface area contributed by atoms with Crippen molar-refractivity contribution < 1.29 is 20.4 Å². The van der Waals surface area contributed by atoms with Crippen LogP contribution in [0.25, 0.3) is 11.5 Å². The normalized spacial score (nSPS) is 20.5. The monoisotopic (exact) mass is 517 g/mol. The van der Waals surface area contributed by atoms with Crippen molar-refractivity contribution in [2.75, 3.05) is 0 Å². The van der Waals surface area contributed by atoms with Crippen molar-refractivity contribution >= 4 is 28.9 Å². The van der Waals surface area contributed by atoms with Crippen molar-refractivity contribution in [3.63, 3.8) is 0 Å². The van der Waals surface area contributed by atoms with Crippen LogP contribution in [0, 0.1) is 0 Å². The van der Waals surface area contributed by atoms with E-state index in [4.69, 9.17) is 11.5 Å². The molecule has 0 saturated heterocycles. The minimum absolute atomic E-state index is 0. The van der Waals surface area contributed by atoms with E-state index in [1.165, 1.54) is 18.4 Å². The van der Waals surface area contributed by atoms with Crippen LogP contribution < -0.4 is 0 Å². The Morgan fingerprint density at radius 2 is 1.42 bits per heavy atom. The zero-order valence-electron chi connectivity index (χ0n) is 16.9. The van der Waals surface area contributed by atoms with Crippen LogP contribution in [0.4, 0.5) is 0 Å². The van der Waals surface area contributed by atoms with E-state index in [0.29, 0.717) is 5.75 Å². The number of rotatable bonds is 1. The van der Waals surface area contributed by atoms with Crippen LogP contribution in [-0.2, 0) is 26.1 Å². The summed E-state index contributed by atoms with van der Waals surface area (Å²) in [6, 6.07) is 3.96. The van der Waals surface area contributed by atoms with Crippen LogP contribution in [0.3, 0.4) is 0 Å². The molecule has 26 heavy (non-hydrogen) atoms. The zero-order chi connectivity index (χ0) is 19.4. The quantitative estimate of drug-likeness (QED) is 0.414. The molecular weight excluding hydrogens is 482 g/mol. The van der Waals surface area contributed by atoms with E-state index < -0.39 is 0 Å². The Hall–Kier alpha value is 0.0465. The van der Waals surface area contributed by atoms with Gasteiger partial charge in [0.25, 0.3) is 0 Å². The van der Waals surface area contributed by atoms with Crippen molar-refractivity contribution in [3.05, 3.63) is 40.3 Å². The fraction of sp³-hybridized carbons (Fsp3) is 0.667. The largest absolute Gasteiger partial charge is 0.676 e. The van der Waals surface area contributed by atoms with Crippen LogP contribution in [0.5, 0.6) is 5.75 Å². The summed E-state index contributed by atoms with van der Waals surface area (Å²) in [6.07, 6.45) is 4.25. The molecule has 2 unspecified atom stereocenters. The first-order valence-corrected chi connectivity index (χ1v) is 9.69. The number of halogens is 1. The Morgan fingerprint density at radius 1 is 0.962 bits per heavy atom.